The fraction of sp³-hybridized carbons (Fsp3) is 1.00. The first-order chi connectivity index (χ1) is 6.74. The van der Waals surface area contributed by atoms with Crippen LogP contribution in [0.2, 0.25) is 0 Å². The first kappa shape index (κ1) is 10.4. The third-order valence-electron chi connectivity index (χ3n) is 3.21. The van der Waals surface area contributed by atoms with Gasteiger partial charge in [-0.2, -0.15) is 0 Å². The van der Waals surface area contributed by atoms with Gasteiger partial charge in [0, 0.05) is 13.1 Å². The Morgan fingerprint density at radius 2 is 1.86 bits per heavy atom. The van der Waals surface area contributed by atoms with Gasteiger partial charge in [0.15, 0.2) is 0 Å². The van der Waals surface area contributed by atoms with Gasteiger partial charge in [0.1, 0.15) is 0 Å². The number of hydrogen-bond acceptors (Lipinski definition) is 3. The van der Waals surface area contributed by atoms with E-state index in [1.165, 1.54) is 26.1 Å². The zero-order chi connectivity index (χ0) is 9.97. The highest BCUT2D eigenvalue weighted by molar-refractivity contribution is 4.78. The molecule has 2 rings (SSSR count). The Morgan fingerprint density at radius 1 is 1.21 bits per heavy atom. The molecule has 14 heavy (non-hydrogen) atoms. The molecule has 0 aromatic carbocycles. The number of morpholine rings is 1. The van der Waals surface area contributed by atoms with Crippen molar-refractivity contribution in [1.29, 1.82) is 0 Å². The summed E-state index contributed by atoms with van der Waals surface area (Å²) in [5.41, 5.74) is 0. The maximum Gasteiger partial charge on any atom is 0.0678 e. The van der Waals surface area contributed by atoms with Crippen LogP contribution in [-0.2, 0) is 4.74 Å². The largest absolute Gasteiger partial charge is 0.373 e. The second-order valence-electron chi connectivity index (χ2n) is 4.83. The van der Waals surface area contributed by atoms with Crippen LogP contribution < -0.4 is 5.32 Å². The zero-order valence-corrected chi connectivity index (χ0v) is 9.33. The lowest BCUT2D eigenvalue weighted by atomic mass is 9.99. The molecule has 0 saturated carbocycles. The molecule has 2 fully saturated rings. The number of ether oxygens (including phenoxy) is 1. The topological polar surface area (TPSA) is 24.5 Å². The van der Waals surface area contributed by atoms with Crippen LogP contribution in [0.15, 0.2) is 0 Å². The molecule has 0 radical (unpaired) electrons. The summed E-state index contributed by atoms with van der Waals surface area (Å²) < 4.78 is 5.71. The molecule has 2 atom stereocenters. The Bertz CT molecular complexity index is 172. The van der Waals surface area contributed by atoms with Gasteiger partial charge in [0.25, 0.3) is 0 Å². The van der Waals surface area contributed by atoms with Crippen molar-refractivity contribution in [1.82, 2.24) is 10.2 Å². The van der Waals surface area contributed by atoms with E-state index in [0.717, 1.165) is 19.0 Å². The summed E-state index contributed by atoms with van der Waals surface area (Å²) in [6.45, 7) is 10.3. The fourth-order valence-corrected chi connectivity index (χ4v) is 2.38. The highest BCUT2D eigenvalue weighted by Crippen LogP contribution is 2.14. The maximum absolute atomic E-state index is 5.71. The van der Waals surface area contributed by atoms with E-state index in [2.05, 4.69) is 24.1 Å². The van der Waals surface area contributed by atoms with Crippen molar-refractivity contribution in [2.45, 2.75) is 32.5 Å². The van der Waals surface area contributed by atoms with E-state index in [9.17, 15) is 0 Å². The molecule has 2 aliphatic rings. The van der Waals surface area contributed by atoms with Gasteiger partial charge in [-0.1, -0.05) is 0 Å². The second kappa shape index (κ2) is 4.60. The molecule has 0 bridgehead atoms. The Balaban J connectivity index is 1.68. The van der Waals surface area contributed by atoms with Gasteiger partial charge >= 0.3 is 0 Å². The SMILES string of the molecule is CC1CN(CCC2CNC2)CC(C)O1. The summed E-state index contributed by atoms with van der Waals surface area (Å²) in [4.78, 5) is 2.55. The highest BCUT2D eigenvalue weighted by Gasteiger charge is 2.23. The first-order valence-corrected chi connectivity index (χ1v) is 5.82. The molecule has 0 aromatic heterocycles. The van der Waals surface area contributed by atoms with Gasteiger partial charge < -0.3 is 10.1 Å². The van der Waals surface area contributed by atoms with Crippen LogP contribution in [0.5, 0.6) is 0 Å². The lowest BCUT2D eigenvalue weighted by molar-refractivity contribution is -0.0692. The average Bonchev–Trinajstić information content (AvgIpc) is 1.99. The van der Waals surface area contributed by atoms with E-state index in [-0.39, 0.29) is 0 Å². The number of hydrogen-bond donors (Lipinski definition) is 1. The molecule has 0 aliphatic carbocycles. The predicted molar refractivity (Wildman–Crippen MR) is 57.4 cm³/mol. The van der Waals surface area contributed by atoms with Gasteiger partial charge in [-0.05, 0) is 45.8 Å². The standard InChI is InChI=1S/C11H22N2O/c1-9-7-13(8-10(2)14-9)4-3-11-5-12-6-11/h9-12H,3-8H2,1-2H3. The van der Waals surface area contributed by atoms with Crippen molar-refractivity contribution in [2.75, 3.05) is 32.7 Å². The minimum absolute atomic E-state index is 0.415. The molecular weight excluding hydrogens is 176 g/mol. The van der Waals surface area contributed by atoms with Crippen LogP contribution in [0.3, 0.4) is 0 Å². The molecule has 1 N–H and O–H groups in total. The van der Waals surface area contributed by atoms with Gasteiger partial charge in [-0.3, -0.25) is 4.90 Å². The average molecular weight is 198 g/mol. The van der Waals surface area contributed by atoms with Crippen LogP contribution in [-0.4, -0.2) is 49.8 Å². The third kappa shape index (κ3) is 2.69. The van der Waals surface area contributed by atoms with Gasteiger partial charge in [0.2, 0.25) is 0 Å². The number of nitrogens with one attached hydrogen (secondary N) is 1. The van der Waals surface area contributed by atoms with Crippen LogP contribution in [0.25, 0.3) is 0 Å². The molecule has 0 aromatic rings. The van der Waals surface area contributed by atoms with E-state index < -0.39 is 0 Å². The summed E-state index contributed by atoms with van der Waals surface area (Å²) in [5, 5.41) is 3.32. The maximum atomic E-state index is 5.71. The normalized spacial score (nSPS) is 35.6. The Labute approximate surface area is 86.8 Å². The van der Waals surface area contributed by atoms with Crippen molar-refractivity contribution >= 4 is 0 Å². The molecule has 0 spiro atoms. The van der Waals surface area contributed by atoms with Gasteiger partial charge in [0.05, 0.1) is 12.2 Å². The molecule has 2 aliphatic heterocycles. The monoisotopic (exact) mass is 198 g/mol. The summed E-state index contributed by atoms with van der Waals surface area (Å²) >= 11 is 0. The van der Waals surface area contributed by atoms with Crippen molar-refractivity contribution in [3.05, 3.63) is 0 Å². The quantitative estimate of drug-likeness (QED) is 0.722. The molecule has 2 saturated heterocycles. The third-order valence-corrected chi connectivity index (χ3v) is 3.21. The van der Waals surface area contributed by atoms with Crippen LogP contribution in [0.1, 0.15) is 20.3 Å². The summed E-state index contributed by atoms with van der Waals surface area (Å²) in [6.07, 6.45) is 2.18. The highest BCUT2D eigenvalue weighted by atomic mass is 16.5. The van der Waals surface area contributed by atoms with Gasteiger partial charge in [-0.25, -0.2) is 0 Å². The minimum atomic E-state index is 0.415. The van der Waals surface area contributed by atoms with Gasteiger partial charge in [-0.15, -0.1) is 0 Å². The first-order valence-electron chi connectivity index (χ1n) is 5.82. The molecule has 2 unspecified atom stereocenters. The molecule has 0 amide bonds. The van der Waals surface area contributed by atoms with E-state index in [1.54, 1.807) is 0 Å². The summed E-state index contributed by atoms with van der Waals surface area (Å²) in [5.74, 6) is 0.934. The van der Waals surface area contributed by atoms with E-state index >= 15 is 0 Å². The van der Waals surface area contributed by atoms with E-state index in [0.29, 0.717) is 12.2 Å². The summed E-state index contributed by atoms with van der Waals surface area (Å²) in [6, 6.07) is 0. The molecular formula is C11H22N2O. The number of rotatable bonds is 3. The summed E-state index contributed by atoms with van der Waals surface area (Å²) in [7, 11) is 0. The predicted octanol–water partition coefficient (Wildman–Crippen LogP) is 0.705. The fourth-order valence-electron chi connectivity index (χ4n) is 2.38. The van der Waals surface area contributed by atoms with Crippen molar-refractivity contribution in [2.24, 2.45) is 5.92 Å². The Kier molecular flexibility index (Phi) is 3.42. The van der Waals surface area contributed by atoms with Crippen molar-refractivity contribution < 1.29 is 4.74 Å². The molecule has 3 nitrogen and oxygen atoms in total. The second-order valence-corrected chi connectivity index (χ2v) is 4.83. The molecule has 2 heterocycles. The van der Waals surface area contributed by atoms with Crippen molar-refractivity contribution in [3.63, 3.8) is 0 Å². The van der Waals surface area contributed by atoms with Crippen LogP contribution >= 0.6 is 0 Å². The molecule has 82 valence electrons. The Morgan fingerprint density at radius 3 is 2.36 bits per heavy atom. The smallest absolute Gasteiger partial charge is 0.0678 e. The minimum Gasteiger partial charge on any atom is -0.373 e. The Hall–Kier alpha value is -0.120. The lowest BCUT2D eigenvalue weighted by Crippen LogP contribution is -2.48. The zero-order valence-electron chi connectivity index (χ0n) is 9.33. The van der Waals surface area contributed by atoms with Crippen LogP contribution in [0, 0.1) is 5.92 Å². The van der Waals surface area contributed by atoms with Crippen molar-refractivity contribution in [3.8, 4) is 0 Å². The van der Waals surface area contributed by atoms with E-state index in [1.807, 2.05) is 0 Å². The van der Waals surface area contributed by atoms with Crippen LogP contribution in [0.4, 0.5) is 0 Å². The number of nitrogens with zero attached hydrogens (tertiary/aromatic N) is 1. The van der Waals surface area contributed by atoms with E-state index in [4.69, 9.17) is 4.74 Å². The lowest BCUT2D eigenvalue weighted by Gasteiger charge is -2.37. The molecule has 3 heteroatoms.